The Morgan fingerprint density at radius 3 is 2.77 bits per heavy atom. The molecule has 1 saturated heterocycles. The topological polar surface area (TPSA) is 54.5 Å². The molecule has 5 nitrogen and oxygen atoms in total. The minimum absolute atomic E-state index is 0.106. The summed E-state index contributed by atoms with van der Waals surface area (Å²) in [6.45, 7) is 2.66. The molecule has 0 spiro atoms. The number of likely N-dealkylation sites (tertiary alicyclic amines) is 1. The van der Waals surface area contributed by atoms with E-state index in [1.165, 1.54) is 17.0 Å². The van der Waals surface area contributed by atoms with Gasteiger partial charge in [-0.1, -0.05) is 12.1 Å². The van der Waals surface area contributed by atoms with Gasteiger partial charge in [0.2, 0.25) is 5.88 Å². The SMILES string of the molecule is Cc1cccc(OC2CCN(C(=O)Nc3cccc(C(F)(F)F)c3)C2)n1. The molecule has 1 aliphatic rings. The van der Waals surface area contributed by atoms with E-state index in [9.17, 15) is 18.0 Å². The van der Waals surface area contributed by atoms with Gasteiger partial charge in [-0.05, 0) is 31.2 Å². The van der Waals surface area contributed by atoms with Crippen molar-refractivity contribution in [2.75, 3.05) is 18.4 Å². The van der Waals surface area contributed by atoms with Crippen LogP contribution in [0, 0.1) is 6.92 Å². The summed E-state index contributed by atoms with van der Waals surface area (Å²) in [7, 11) is 0. The molecule has 3 rings (SSSR count). The van der Waals surface area contributed by atoms with Gasteiger partial charge in [-0.2, -0.15) is 13.2 Å². The first-order chi connectivity index (χ1) is 12.3. The maximum absolute atomic E-state index is 12.7. The summed E-state index contributed by atoms with van der Waals surface area (Å²) in [5, 5.41) is 2.51. The highest BCUT2D eigenvalue weighted by Gasteiger charge is 2.31. The van der Waals surface area contributed by atoms with Crippen LogP contribution in [-0.4, -0.2) is 35.1 Å². The monoisotopic (exact) mass is 365 g/mol. The second-order valence-electron chi connectivity index (χ2n) is 6.10. The first-order valence-electron chi connectivity index (χ1n) is 8.15. The van der Waals surface area contributed by atoms with Gasteiger partial charge in [0.1, 0.15) is 6.10 Å². The Labute approximate surface area is 148 Å². The number of carbonyl (C=O) groups excluding carboxylic acids is 1. The van der Waals surface area contributed by atoms with E-state index in [2.05, 4.69) is 10.3 Å². The number of nitrogens with one attached hydrogen (secondary N) is 1. The van der Waals surface area contributed by atoms with Crippen LogP contribution in [0.4, 0.5) is 23.7 Å². The van der Waals surface area contributed by atoms with E-state index in [0.717, 1.165) is 17.8 Å². The summed E-state index contributed by atoms with van der Waals surface area (Å²) in [5.41, 5.74) is 0.137. The zero-order valence-corrected chi connectivity index (χ0v) is 14.1. The quantitative estimate of drug-likeness (QED) is 0.891. The van der Waals surface area contributed by atoms with Crippen molar-refractivity contribution in [3.05, 3.63) is 53.7 Å². The predicted molar refractivity (Wildman–Crippen MR) is 90.0 cm³/mol. The lowest BCUT2D eigenvalue weighted by atomic mass is 10.2. The molecule has 1 aromatic heterocycles. The standard InChI is InChI=1S/C18H18F3N3O2/c1-12-4-2-7-16(22-12)26-15-8-9-24(11-15)17(25)23-14-6-3-5-13(10-14)18(19,20)21/h2-7,10,15H,8-9,11H2,1H3,(H,23,25). The number of aryl methyl sites for hydroxylation is 1. The maximum atomic E-state index is 12.7. The number of halogens is 3. The van der Waals surface area contributed by atoms with Gasteiger partial charge in [-0.25, -0.2) is 9.78 Å². The second-order valence-corrected chi connectivity index (χ2v) is 6.10. The fraction of sp³-hybridized carbons (Fsp3) is 0.333. The fourth-order valence-corrected chi connectivity index (χ4v) is 2.74. The summed E-state index contributed by atoms with van der Waals surface area (Å²) in [6.07, 6.45) is -4.02. The molecule has 1 N–H and O–H groups in total. The zero-order chi connectivity index (χ0) is 18.7. The highest BCUT2D eigenvalue weighted by molar-refractivity contribution is 5.89. The molecular formula is C18H18F3N3O2. The molecule has 1 atom stereocenters. The number of alkyl halides is 3. The normalized spacial score (nSPS) is 17.2. The molecule has 0 saturated carbocycles. The number of carbonyl (C=O) groups is 1. The highest BCUT2D eigenvalue weighted by Crippen LogP contribution is 2.30. The number of aromatic nitrogens is 1. The molecule has 26 heavy (non-hydrogen) atoms. The lowest BCUT2D eigenvalue weighted by molar-refractivity contribution is -0.137. The number of hydrogen-bond acceptors (Lipinski definition) is 3. The van der Waals surface area contributed by atoms with Crippen LogP contribution in [0.25, 0.3) is 0 Å². The third-order valence-corrected chi connectivity index (χ3v) is 4.02. The summed E-state index contributed by atoms with van der Waals surface area (Å²) >= 11 is 0. The number of pyridine rings is 1. The van der Waals surface area contributed by atoms with Gasteiger partial charge in [0.15, 0.2) is 0 Å². The van der Waals surface area contributed by atoms with E-state index in [-0.39, 0.29) is 11.8 Å². The van der Waals surface area contributed by atoms with Crippen molar-refractivity contribution >= 4 is 11.7 Å². The lowest BCUT2D eigenvalue weighted by Gasteiger charge is -2.18. The van der Waals surface area contributed by atoms with E-state index in [1.54, 1.807) is 6.07 Å². The summed E-state index contributed by atoms with van der Waals surface area (Å²) in [6, 6.07) is 9.56. The molecule has 8 heteroatoms. The smallest absolute Gasteiger partial charge is 0.416 e. The van der Waals surface area contributed by atoms with Crippen LogP contribution in [-0.2, 0) is 6.18 Å². The van der Waals surface area contributed by atoms with Crippen molar-refractivity contribution < 1.29 is 22.7 Å². The Morgan fingerprint density at radius 1 is 1.27 bits per heavy atom. The number of anilines is 1. The molecule has 2 amide bonds. The number of hydrogen-bond donors (Lipinski definition) is 1. The molecule has 2 heterocycles. The van der Waals surface area contributed by atoms with E-state index in [4.69, 9.17) is 4.74 Å². The highest BCUT2D eigenvalue weighted by atomic mass is 19.4. The molecular weight excluding hydrogens is 347 g/mol. The number of ether oxygens (including phenoxy) is 1. The third-order valence-electron chi connectivity index (χ3n) is 4.02. The first-order valence-corrected chi connectivity index (χ1v) is 8.15. The van der Waals surface area contributed by atoms with Crippen molar-refractivity contribution in [2.45, 2.75) is 25.6 Å². The van der Waals surface area contributed by atoms with E-state index < -0.39 is 17.8 Å². The van der Waals surface area contributed by atoms with Crippen molar-refractivity contribution in [3.63, 3.8) is 0 Å². The molecule has 1 unspecified atom stereocenters. The fourth-order valence-electron chi connectivity index (χ4n) is 2.74. The molecule has 1 aliphatic heterocycles. The van der Waals surface area contributed by atoms with Gasteiger partial charge in [0.05, 0.1) is 12.1 Å². The van der Waals surface area contributed by atoms with Gasteiger partial charge in [-0.15, -0.1) is 0 Å². The summed E-state index contributed by atoms with van der Waals surface area (Å²) < 4.78 is 44.0. The minimum Gasteiger partial charge on any atom is -0.472 e. The Hall–Kier alpha value is -2.77. The van der Waals surface area contributed by atoms with E-state index in [1.807, 2.05) is 19.1 Å². The molecule has 138 valence electrons. The first kappa shape index (κ1) is 18.0. The number of benzene rings is 1. The Bertz CT molecular complexity index is 795. The largest absolute Gasteiger partial charge is 0.472 e. The van der Waals surface area contributed by atoms with Crippen molar-refractivity contribution in [3.8, 4) is 5.88 Å². The van der Waals surface area contributed by atoms with Gasteiger partial charge >= 0.3 is 12.2 Å². The maximum Gasteiger partial charge on any atom is 0.416 e. The Kier molecular flexibility index (Phi) is 5.01. The molecule has 2 aromatic rings. The van der Waals surface area contributed by atoms with Crippen LogP contribution in [0.5, 0.6) is 5.88 Å². The number of rotatable bonds is 3. The molecule has 0 bridgehead atoms. The van der Waals surface area contributed by atoms with Gasteiger partial charge in [0.25, 0.3) is 0 Å². The van der Waals surface area contributed by atoms with Crippen LogP contribution in [0.1, 0.15) is 17.7 Å². The molecule has 1 fully saturated rings. The minimum atomic E-state index is -4.45. The molecule has 1 aromatic carbocycles. The third kappa shape index (κ3) is 4.44. The van der Waals surface area contributed by atoms with Gasteiger partial charge < -0.3 is 15.0 Å². The van der Waals surface area contributed by atoms with Crippen molar-refractivity contribution in [1.82, 2.24) is 9.88 Å². The zero-order valence-electron chi connectivity index (χ0n) is 14.1. The van der Waals surface area contributed by atoms with Crippen molar-refractivity contribution in [1.29, 1.82) is 0 Å². The van der Waals surface area contributed by atoms with Crippen LogP contribution in [0.15, 0.2) is 42.5 Å². The van der Waals surface area contributed by atoms with Crippen LogP contribution in [0.3, 0.4) is 0 Å². The number of nitrogens with zero attached hydrogens (tertiary/aromatic N) is 2. The molecule has 0 aliphatic carbocycles. The van der Waals surface area contributed by atoms with E-state index in [0.29, 0.717) is 25.4 Å². The number of urea groups is 1. The average Bonchev–Trinajstić information content (AvgIpc) is 3.03. The van der Waals surface area contributed by atoms with E-state index >= 15 is 0 Å². The summed E-state index contributed by atoms with van der Waals surface area (Å²) in [4.78, 5) is 18.1. The second kappa shape index (κ2) is 7.23. The van der Waals surface area contributed by atoms with Gasteiger partial charge in [-0.3, -0.25) is 0 Å². The van der Waals surface area contributed by atoms with Crippen molar-refractivity contribution in [2.24, 2.45) is 0 Å². The Balaban J connectivity index is 1.58. The average molecular weight is 365 g/mol. The lowest BCUT2D eigenvalue weighted by Crippen LogP contribution is -2.34. The van der Waals surface area contributed by atoms with Crippen LogP contribution < -0.4 is 10.1 Å². The van der Waals surface area contributed by atoms with Gasteiger partial charge in [0, 0.05) is 30.4 Å². The predicted octanol–water partition coefficient (Wildman–Crippen LogP) is 4.09. The number of amides is 2. The Morgan fingerprint density at radius 2 is 2.04 bits per heavy atom. The summed E-state index contributed by atoms with van der Waals surface area (Å²) in [5.74, 6) is 0.495. The van der Waals surface area contributed by atoms with Crippen LogP contribution >= 0.6 is 0 Å². The molecule has 0 radical (unpaired) electrons. The van der Waals surface area contributed by atoms with Crippen LogP contribution in [0.2, 0.25) is 0 Å².